The predicted octanol–water partition coefficient (Wildman–Crippen LogP) is 3.50. The van der Waals surface area contributed by atoms with Crippen LogP contribution in [0.4, 0.5) is 0 Å². The molecule has 7 heteroatoms. The maximum Gasteiger partial charge on any atom is 0.191 e. The van der Waals surface area contributed by atoms with Crippen LogP contribution in [0, 0.1) is 6.92 Å². The lowest BCUT2D eigenvalue weighted by Gasteiger charge is -2.16. The second-order valence-corrected chi connectivity index (χ2v) is 5.78. The third kappa shape index (κ3) is 6.50. The number of benzene rings is 2. The van der Waals surface area contributed by atoms with Crippen molar-refractivity contribution in [2.45, 2.75) is 20.0 Å². The number of rotatable bonds is 7. The number of nitrogens with one attached hydrogen (secondary N) is 2. The van der Waals surface area contributed by atoms with Crippen LogP contribution in [0.2, 0.25) is 0 Å². The van der Waals surface area contributed by atoms with Gasteiger partial charge in [0, 0.05) is 31.8 Å². The molecule has 0 aliphatic rings. The van der Waals surface area contributed by atoms with Crippen LogP contribution in [-0.2, 0) is 13.1 Å². The highest BCUT2D eigenvalue weighted by molar-refractivity contribution is 14.0. The van der Waals surface area contributed by atoms with Crippen LogP contribution >= 0.6 is 24.0 Å². The first-order valence-electron chi connectivity index (χ1n) is 8.40. The minimum absolute atomic E-state index is 0. The number of aryl methyl sites for hydroxylation is 1. The van der Waals surface area contributed by atoms with Crippen molar-refractivity contribution in [1.82, 2.24) is 10.6 Å². The maximum atomic E-state index is 5.46. The molecule has 27 heavy (non-hydrogen) atoms. The highest BCUT2D eigenvalue weighted by Crippen LogP contribution is 2.34. The van der Waals surface area contributed by atoms with E-state index < -0.39 is 0 Å². The van der Waals surface area contributed by atoms with E-state index in [1.165, 1.54) is 11.1 Å². The standard InChI is InChI=1S/C20H27N3O3.HI/c1-14-6-8-15(9-7-14)12-22-20(21-2)23-13-16-10-18(25-4)19(26-5)11-17(16)24-3;/h6-11H,12-13H2,1-5H3,(H2,21,22,23);1H. The first-order valence-corrected chi connectivity index (χ1v) is 8.40. The molecule has 0 saturated heterocycles. The fraction of sp³-hybridized carbons (Fsp3) is 0.350. The summed E-state index contributed by atoms with van der Waals surface area (Å²) in [6.07, 6.45) is 0. The number of ether oxygens (including phenoxy) is 3. The molecule has 0 fully saturated rings. The topological polar surface area (TPSA) is 64.1 Å². The average Bonchev–Trinajstić information content (AvgIpc) is 2.68. The van der Waals surface area contributed by atoms with Crippen molar-refractivity contribution in [1.29, 1.82) is 0 Å². The van der Waals surface area contributed by atoms with Gasteiger partial charge in [0.25, 0.3) is 0 Å². The molecule has 0 bridgehead atoms. The van der Waals surface area contributed by atoms with Gasteiger partial charge < -0.3 is 24.8 Å². The summed E-state index contributed by atoms with van der Waals surface area (Å²) in [7, 11) is 6.60. The normalized spacial score (nSPS) is 10.6. The molecule has 0 atom stereocenters. The van der Waals surface area contributed by atoms with E-state index in [4.69, 9.17) is 14.2 Å². The van der Waals surface area contributed by atoms with E-state index in [2.05, 4.69) is 46.8 Å². The third-order valence-corrected chi connectivity index (χ3v) is 4.04. The Bertz CT molecular complexity index is 749. The van der Waals surface area contributed by atoms with Crippen LogP contribution < -0.4 is 24.8 Å². The Balaban J connectivity index is 0.00000364. The number of hydrogen-bond donors (Lipinski definition) is 2. The van der Waals surface area contributed by atoms with E-state index in [9.17, 15) is 0 Å². The van der Waals surface area contributed by atoms with Gasteiger partial charge in [0.1, 0.15) is 5.75 Å². The maximum absolute atomic E-state index is 5.46. The zero-order valence-corrected chi connectivity index (χ0v) is 18.8. The first-order chi connectivity index (χ1) is 12.6. The van der Waals surface area contributed by atoms with E-state index >= 15 is 0 Å². The van der Waals surface area contributed by atoms with Gasteiger partial charge >= 0.3 is 0 Å². The lowest BCUT2D eigenvalue weighted by Crippen LogP contribution is -2.36. The zero-order valence-electron chi connectivity index (χ0n) is 16.5. The highest BCUT2D eigenvalue weighted by atomic mass is 127. The van der Waals surface area contributed by atoms with Crippen molar-refractivity contribution in [3.05, 3.63) is 53.1 Å². The second kappa shape index (κ2) is 11.5. The second-order valence-electron chi connectivity index (χ2n) is 5.78. The molecule has 0 amide bonds. The first kappa shape index (κ1) is 22.9. The Kier molecular flexibility index (Phi) is 9.77. The van der Waals surface area contributed by atoms with E-state index in [1.54, 1.807) is 28.4 Å². The molecule has 0 aliphatic heterocycles. The van der Waals surface area contributed by atoms with Gasteiger partial charge in [0.05, 0.1) is 21.3 Å². The molecule has 0 heterocycles. The number of nitrogens with zero attached hydrogens (tertiary/aromatic N) is 1. The van der Waals surface area contributed by atoms with Crippen LogP contribution in [0.1, 0.15) is 16.7 Å². The van der Waals surface area contributed by atoms with Crippen molar-refractivity contribution in [2.24, 2.45) is 4.99 Å². The van der Waals surface area contributed by atoms with E-state index in [0.29, 0.717) is 30.5 Å². The quantitative estimate of drug-likeness (QED) is 0.357. The van der Waals surface area contributed by atoms with Crippen molar-refractivity contribution in [3.63, 3.8) is 0 Å². The van der Waals surface area contributed by atoms with Crippen LogP contribution in [0.25, 0.3) is 0 Å². The van der Waals surface area contributed by atoms with E-state index in [0.717, 1.165) is 11.3 Å². The molecule has 2 aromatic rings. The van der Waals surface area contributed by atoms with Gasteiger partial charge in [-0.05, 0) is 18.6 Å². The number of guanidine groups is 1. The highest BCUT2D eigenvalue weighted by Gasteiger charge is 2.12. The minimum atomic E-state index is 0. The Morgan fingerprint density at radius 3 is 1.96 bits per heavy atom. The van der Waals surface area contributed by atoms with Crippen molar-refractivity contribution in [2.75, 3.05) is 28.4 Å². The number of aliphatic imine (C=N–C) groups is 1. The molecule has 0 radical (unpaired) electrons. The number of methoxy groups -OCH3 is 3. The Labute approximate surface area is 178 Å². The fourth-order valence-electron chi connectivity index (χ4n) is 2.52. The van der Waals surface area contributed by atoms with Gasteiger partial charge in [0.2, 0.25) is 0 Å². The monoisotopic (exact) mass is 485 g/mol. The molecule has 148 valence electrons. The fourth-order valence-corrected chi connectivity index (χ4v) is 2.52. The van der Waals surface area contributed by atoms with Crippen LogP contribution in [0.3, 0.4) is 0 Å². The molecule has 2 N–H and O–H groups in total. The third-order valence-electron chi connectivity index (χ3n) is 4.04. The summed E-state index contributed by atoms with van der Waals surface area (Å²) in [6, 6.07) is 12.1. The molecular weight excluding hydrogens is 457 g/mol. The van der Waals surface area contributed by atoms with Crippen molar-refractivity contribution in [3.8, 4) is 17.2 Å². The molecule has 2 rings (SSSR count). The SMILES string of the molecule is CN=C(NCc1ccc(C)cc1)NCc1cc(OC)c(OC)cc1OC.I. The number of halogens is 1. The summed E-state index contributed by atoms with van der Waals surface area (Å²) in [5, 5.41) is 6.60. The smallest absolute Gasteiger partial charge is 0.191 e. The Morgan fingerprint density at radius 2 is 1.41 bits per heavy atom. The van der Waals surface area contributed by atoms with Gasteiger partial charge in [-0.2, -0.15) is 0 Å². The molecular formula is C20H28IN3O3. The van der Waals surface area contributed by atoms with Crippen LogP contribution in [0.5, 0.6) is 17.2 Å². The largest absolute Gasteiger partial charge is 0.496 e. The van der Waals surface area contributed by atoms with Gasteiger partial charge in [-0.15, -0.1) is 24.0 Å². The summed E-state index contributed by atoms with van der Waals surface area (Å²) in [5.41, 5.74) is 3.39. The Morgan fingerprint density at radius 1 is 0.852 bits per heavy atom. The van der Waals surface area contributed by atoms with E-state index in [-0.39, 0.29) is 24.0 Å². The summed E-state index contributed by atoms with van der Waals surface area (Å²) in [6.45, 7) is 3.31. The molecule has 0 aliphatic carbocycles. The molecule has 0 aromatic heterocycles. The predicted molar refractivity (Wildman–Crippen MR) is 120 cm³/mol. The van der Waals surface area contributed by atoms with Crippen LogP contribution in [0.15, 0.2) is 41.4 Å². The van der Waals surface area contributed by atoms with Gasteiger partial charge in [-0.25, -0.2) is 0 Å². The van der Waals surface area contributed by atoms with Gasteiger partial charge in [-0.1, -0.05) is 29.8 Å². The summed E-state index contributed by atoms with van der Waals surface area (Å²) >= 11 is 0. The minimum Gasteiger partial charge on any atom is -0.496 e. The van der Waals surface area contributed by atoms with Gasteiger partial charge in [-0.3, -0.25) is 4.99 Å². The molecule has 0 unspecified atom stereocenters. The zero-order chi connectivity index (χ0) is 18.9. The van der Waals surface area contributed by atoms with Gasteiger partial charge in [0.15, 0.2) is 17.5 Å². The summed E-state index contributed by atoms with van der Waals surface area (Å²) < 4.78 is 16.1. The molecule has 0 spiro atoms. The number of hydrogen-bond acceptors (Lipinski definition) is 4. The Hall–Kier alpha value is -2.16. The lowest BCUT2D eigenvalue weighted by molar-refractivity contribution is 0.347. The summed E-state index contributed by atoms with van der Waals surface area (Å²) in [4.78, 5) is 4.27. The van der Waals surface area contributed by atoms with Crippen molar-refractivity contribution < 1.29 is 14.2 Å². The molecule has 2 aromatic carbocycles. The molecule has 6 nitrogen and oxygen atoms in total. The van der Waals surface area contributed by atoms with Crippen LogP contribution in [-0.4, -0.2) is 34.3 Å². The lowest BCUT2D eigenvalue weighted by atomic mass is 10.1. The average molecular weight is 485 g/mol. The summed E-state index contributed by atoms with van der Waals surface area (Å²) in [5.74, 6) is 2.73. The van der Waals surface area contributed by atoms with Crippen molar-refractivity contribution >= 4 is 29.9 Å². The van der Waals surface area contributed by atoms with E-state index in [1.807, 2.05) is 12.1 Å². The molecule has 0 saturated carbocycles.